The van der Waals surface area contributed by atoms with Crippen molar-refractivity contribution in [1.29, 1.82) is 0 Å². The highest BCUT2D eigenvalue weighted by Gasteiger charge is 2.49. The van der Waals surface area contributed by atoms with Crippen molar-refractivity contribution in [3.63, 3.8) is 0 Å². The van der Waals surface area contributed by atoms with E-state index < -0.39 is 5.41 Å². The maximum Gasteiger partial charge on any atom is 0.224 e. The molecule has 0 bridgehead atoms. The minimum atomic E-state index is -0.686. The molecule has 1 aliphatic heterocycles. The minimum Gasteiger partial charge on any atom is -0.369 e. The molecule has 26 heavy (non-hydrogen) atoms. The Hall–Kier alpha value is -1.88. The number of nitrogens with one attached hydrogen (secondary N) is 1. The fourth-order valence-corrected chi connectivity index (χ4v) is 4.66. The Labute approximate surface area is 156 Å². The number of hydrogen-bond acceptors (Lipinski definition) is 3. The van der Waals surface area contributed by atoms with Crippen LogP contribution in [0.25, 0.3) is 0 Å². The molecule has 1 saturated heterocycles. The van der Waals surface area contributed by atoms with Gasteiger partial charge >= 0.3 is 0 Å². The Morgan fingerprint density at radius 3 is 2.35 bits per heavy atom. The number of benzene rings is 1. The summed E-state index contributed by atoms with van der Waals surface area (Å²) in [6, 6.07) is 10.6. The molecule has 3 rings (SSSR count). The van der Waals surface area contributed by atoms with Gasteiger partial charge in [0.05, 0.1) is 5.41 Å². The molecule has 0 unspecified atom stereocenters. The van der Waals surface area contributed by atoms with Gasteiger partial charge in [-0.3, -0.25) is 9.59 Å². The highest BCUT2D eigenvalue weighted by molar-refractivity contribution is 5.83. The molecule has 5 nitrogen and oxygen atoms in total. The first-order chi connectivity index (χ1) is 12.2. The highest BCUT2D eigenvalue weighted by Crippen LogP contribution is 2.50. The first kappa shape index (κ1) is 18.9. The number of amides is 2. The van der Waals surface area contributed by atoms with Crippen molar-refractivity contribution in [2.75, 3.05) is 20.1 Å². The Bertz CT molecular complexity index is 676. The standard InChI is InChI=1S/C21H31N3O2/c1-19(2,18(22)26)14-24-15-20(13-17(24)25)9-11-21(23-3,12-10-20)16-7-5-4-6-8-16/h4-8,23H,9-15H2,1-3H3,(H2,22,26). The van der Waals surface area contributed by atoms with E-state index in [1.807, 2.05) is 31.9 Å². The van der Waals surface area contributed by atoms with Gasteiger partial charge in [-0.2, -0.15) is 0 Å². The lowest BCUT2D eigenvalue weighted by molar-refractivity contribution is -0.132. The second-order valence-corrected chi connectivity index (χ2v) is 8.87. The lowest BCUT2D eigenvalue weighted by atomic mass is 9.65. The van der Waals surface area contributed by atoms with Gasteiger partial charge in [-0.05, 0) is 57.6 Å². The zero-order chi connectivity index (χ0) is 19.0. The van der Waals surface area contributed by atoms with Gasteiger partial charge in [-0.25, -0.2) is 0 Å². The zero-order valence-corrected chi connectivity index (χ0v) is 16.2. The van der Waals surface area contributed by atoms with Crippen LogP contribution in [0.5, 0.6) is 0 Å². The predicted molar refractivity (Wildman–Crippen MR) is 102 cm³/mol. The number of likely N-dealkylation sites (tertiary alicyclic amines) is 1. The van der Waals surface area contributed by atoms with Gasteiger partial charge in [0.15, 0.2) is 0 Å². The van der Waals surface area contributed by atoms with E-state index in [1.165, 1.54) is 5.56 Å². The SMILES string of the molecule is CNC1(c2ccccc2)CCC2(CC1)CC(=O)N(CC(C)(C)C(N)=O)C2. The molecule has 1 spiro atoms. The van der Waals surface area contributed by atoms with Crippen molar-refractivity contribution < 1.29 is 9.59 Å². The zero-order valence-electron chi connectivity index (χ0n) is 16.2. The Kier molecular flexibility index (Phi) is 4.86. The van der Waals surface area contributed by atoms with Crippen LogP contribution >= 0.6 is 0 Å². The summed E-state index contributed by atoms with van der Waals surface area (Å²) in [5.41, 5.74) is 6.18. The Balaban J connectivity index is 1.71. The molecule has 1 aliphatic carbocycles. The van der Waals surface area contributed by atoms with Crippen molar-refractivity contribution >= 4 is 11.8 Å². The van der Waals surface area contributed by atoms with Crippen molar-refractivity contribution in [2.24, 2.45) is 16.6 Å². The second kappa shape index (κ2) is 6.69. The molecular formula is C21H31N3O2. The third-order valence-corrected chi connectivity index (χ3v) is 6.63. The summed E-state index contributed by atoms with van der Waals surface area (Å²) >= 11 is 0. The first-order valence-electron chi connectivity index (χ1n) is 9.54. The molecule has 5 heteroatoms. The summed E-state index contributed by atoms with van der Waals surface area (Å²) in [5.74, 6) is -0.191. The molecule has 142 valence electrons. The minimum absolute atomic E-state index is 0.00449. The van der Waals surface area contributed by atoms with Crippen molar-refractivity contribution in [2.45, 2.75) is 51.5 Å². The second-order valence-electron chi connectivity index (χ2n) is 8.87. The van der Waals surface area contributed by atoms with Gasteiger partial charge in [-0.15, -0.1) is 0 Å². The van der Waals surface area contributed by atoms with E-state index in [0.29, 0.717) is 13.0 Å². The van der Waals surface area contributed by atoms with Crippen LogP contribution < -0.4 is 11.1 Å². The topological polar surface area (TPSA) is 75.4 Å². The number of primary amides is 1. The number of hydrogen-bond donors (Lipinski definition) is 2. The van der Waals surface area contributed by atoms with E-state index in [0.717, 1.165) is 32.2 Å². The fraction of sp³-hybridized carbons (Fsp3) is 0.619. The molecule has 1 aromatic carbocycles. The van der Waals surface area contributed by atoms with Gasteiger partial charge in [0.1, 0.15) is 0 Å². The van der Waals surface area contributed by atoms with Crippen LogP contribution in [0.15, 0.2) is 30.3 Å². The molecular weight excluding hydrogens is 326 g/mol. The molecule has 2 aliphatic rings. The van der Waals surface area contributed by atoms with Gasteiger partial charge in [-0.1, -0.05) is 30.3 Å². The summed E-state index contributed by atoms with van der Waals surface area (Å²) in [6.07, 6.45) is 4.67. The van der Waals surface area contributed by atoms with E-state index in [-0.39, 0.29) is 22.8 Å². The molecule has 2 fully saturated rings. The summed E-state index contributed by atoms with van der Waals surface area (Å²) in [7, 11) is 2.03. The Morgan fingerprint density at radius 1 is 1.19 bits per heavy atom. The monoisotopic (exact) mass is 357 g/mol. The largest absolute Gasteiger partial charge is 0.369 e. The fourth-order valence-electron chi connectivity index (χ4n) is 4.66. The van der Waals surface area contributed by atoms with Crippen molar-refractivity contribution in [3.05, 3.63) is 35.9 Å². The number of carbonyl (C=O) groups is 2. The van der Waals surface area contributed by atoms with E-state index in [1.54, 1.807) is 0 Å². The van der Waals surface area contributed by atoms with Gasteiger partial charge in [0.25, 0.3) is 0 Å². The van der Waals surface area contributed by atoms with Crippen LogP contribution in [0.2, 0.25) is 0 Å². The van der Waals surface area contributed by atoms with E-state index >= 15 is 0 Å². The van der Waals surface area contributed by atoms with Crippen LogP contribution in [0.4, 0.5) is 0 Å². The number of nitrogens with zero attached hydrogens (tertiary/aromatic N) is 1. The summed E-state index contributed by atoms with van der Waals surface area (Å²) < 4.78 is 0. The lowest BCUT2D eigenvalue weighted by Crippen LogP contribution is -2.47. The molecule has 1 aromatic rings. The predicted octanol–water partition coefficient (Wildman–Crippen LogP) is 2.41. The molecule has 0 aromatic heterocycles. The highest BCUT2D eigenvalue weighted by atomic mass is 16.2. The third-order valence-electron chi connectivity index (χ3n) is 6.63. The molecule has 1 saturated carbocycles. The van der Waals surface area contributed by atoms with Crippen molar-refractivity contribution in [1.82, 2.24) is 10.2 Å². The smallest absolute Gasteiger partial charge is 0.224 e. The van der Waals surface area contributed by atoms with Gasteiger partial charge in [0, 0.05) is 25.0 Å². The molecule has 3 N–H and O–H groups in total. The number of nitrogens with two attached hydrogens (primary N) is 1. The number of rotatable bonds is 5. The quantitative estimate of drug-likeness (QED) is 0.850. The van der Waals surface area contributed by atoms with Crippen LogP contribution in [0, 0.1) is 10.8 Å². The maximum absolute atomic E-state index is 12.6. The summed E-state index contributed by atoms with van der Waals surface area (Å²) in [5, 5.41) is 3.56. The Morgan fingerprint density at radius 2 is 1.81 bits per heavy atom. The average molecular weight is 357 g/mol. The normalized spacial score (nSPS) is 29.3. The van der Waals surface area contributed by atoms with Crippen molar-refractivity contribution in [3.8, 4) is 0 Å². The van der Waals surface area contributed by atoms with Crippen LogP contribution in [0.1, 0.15) is 51.5 Å². The summed E-state index contributed by atoms with van der Waals surface area (Å²) in [6.45, 7) is 4.79. The van der Waals surface area contributed by atoms with Gasteiger partial charge in [0.2, 0.25) is 11.8 Å². The van der Waals surface area contributed by atoms with Crippen LogP contribution in [0.3, 0.4) is 0 Å². The van der Waals surface area contributed by atoms with E-state index in [4.69, 9.17) is 5.73 Å². The number of carbonyl (C=O) groups excluding carboxylic acids is 2. The van der Waals surface area contributed by atoms with E-state index in [2.05, 4.69) is 29.6 Å². The van der Waals surface area contributed by atoms with E-state index in [9.17, 15) is 9.59 Å². The van der Waals surface area contributed by atoms with Crippen LogP contribution in [-0.4, -0.2) is 36.9 Å². The molecule has 0 atom stereocenters. The average Bonchev–Trinajstić information content (AvgIpc) is 2.91. The van der Waals surface area contributed by atoms with Crippen LogP contribution in [-0.2, 0) is 15.1 Å². The maximum atomic E-state index is 12.6. The third kappa shape index (κ3) is 3.37. The molecule has 1 heterocycles. The van der Waals surface area contributed by atoms with Gasteiger partial charge < -0.3 is 16.0 Å². The molecule has 0 radical (unpaired) electrons. The molecule has 2 amide bonds. The summed E-state index contributed by atoms with van der Waals surface area (Å²) in [4.78, 5) is 26.1. The lowest BCUT2D eigenvalue weighted by Gasteiger charge is -2.45. The first-order valence-corrected chi connectivity index (χ1v) is 9.54.